The third-order valence-electron chi connectivity index (χ3n) is 5.83. The van der Waals surface area contributed by atoms with Crippen molar-refractivity contribution in [2.24, 2.45) is 0 Å². The predicted molar refractivity (Wildman–Crippen MR) is 135 cm³/mol. The Bertz CT molecular complexity index is 1110. The minimum atomic E-state index is -0.100. The molecule has 6 heteroatoms. The number of anilines is 2. The summed E-state index contributed by atoms with van der Waals surface area (Å²) in [6, 6.07) is 20.9. The van der Waals surface area contributed by atoms with E-state index in [4.69, 9.17) is 25.8 Å². The van der Waals surface area contributed by atoms with E-state index in [1.165, 1.54) is 0 Å². The first kappa shape index (κ1) is 24.4. The van der Waals surface area contributed by atoms with E-state index in [0.29, 0.717) is 36.0 Å². The molecule has 1 heterocycles. The maximum atomic E-state index is 12.9. The number of ketones is 1. The summed E-state index contributed by atoms with van der Waals surface area (Å²) in [5.74, 6) is -0.0794. The van der Waals surface area contributed by atoms with Gasteiger partial charge in [0.25, 0.3) is 0 Å². The number of carbonyl (C=O) groups excluding carboxylic acids is 1. The van der Waals surface area contributed by atoms with Gasteiger partial charge < -0.3 is 19.5 Å². The molecule has 34 heavy (non-hydrogen) atoms. The molecule has 1 aliphatic heterocycles. The summed E-state index contributed by atoms with van der Waals surface area (Å²) >= 11 is 6.51. The van der Waals surface area contributed by atoms with E-state index in [1.54, 1.807) is 12.1 Å². The minimum Gasteiger partial charge on any atom is -0.374 e. The average molecular weight is 480 g/mol. The van der Waals surface area contributed by atoms with Crippen LogP contribution in [0.15, 0.2) is 66.7 Å². The zero-order valence-corrected chi connectivity index (χ0v) is 20.1. The fourth-order valence-corrected chi connectivity index (χ4v) is 4.20. The Morgan fingerprint density at radius 2 is 1.85 bits per heavy atom. The number of benzene rings is 3. The van der Waals surface area contributed by atoms with Gasteiger partial charge in [-0.3, -0.25) is 4.79 Å². The number of nitrogens with one attached hydrogen (secondary N) is 1. The van der Waals surface area contributed by atoms with E-state index in [0.717, 1.165) is 48.4 Å². The quantitative estimate of drug-likeness (QED) is 0.259. The number of halogens is 1. The Hall–Kier alpha value is -2.70. The van der Waals surface area contributed by atoms with Gasteiger partial charge in [-0.15, -0.1) is 0 Å². The number of ether oxygens (including phenoxy) is 3. The molecule has 5 nitrogen and oxygen atoms in total. The minimum absolute atomic E-state index is 0.0794. The Morgan fingerprint density at radius 1 is 1.03 bits per heavy atom. The van der Waals surface area contributed by atoms with E-state index in [1.807, 2.05) is 61.5 Å². The smallest absolute Gasteiger partial charge is 0.194 e. The number of hydrogen-bond acceptors (Lipinski definition) is 5. The van der Waals surface area contributed by atoms with Gasteiger partial charge in [-0.2, -0.15) is 0 Å². The normalized spacial score (nSPS) is 15.8. The second-order valence-electron chi connectivity index (χ2n) is 8.34. The van der Waals surface area contributed by atoms with Crippen LogP contribution in [0.1, 0.15) is 46.3 Å². The van der Waals surface area contributed by atoms with Crippen molar-refractivity contribution in [3.05, 3.63) is 94.0 Å². The van der Waals surface area contributed by atoms with Crippen LogP contribution in [-0.4, -0.2) is 31.9 Å². The van der Waals surface area contributed by atoms with Gasteiger partial charge in [0.2, 0.25) is 0 Å². The van der Waals surface area contributed by atoms with Crippen molar-refractivity contribution in [2.75, 3.05) is 25.1 Å². The Morgan fingerprint density at radius 3 is 2.65 bits per heavy atom. The highest BCUT2D eigenvalue weighted by Crippen LogP contribution is 2.28. The first-order chi connectivity index (χ1) is 16.6. The fourth-order valence-electron chi connectivity index (χ4n) is 3.94. The van der Waals surface area contributed by atoms with Gasteiger partial charge >= 0.3 is 0 Å². The average Bonchev–Trinajstić information content (AvgIpc) is 2.85. The van der Waals surface area contributed by atoms with E-state index in [9.17, 15) is 4.79 Å². The third kappa shape index (κ3) is 6.45. The standard InChI is InChI=1S/C28H30ClNO4/c1-20-8-2-4-10-23(20)28(31)24-14-13-22(18-25(24)29)30-26-11-5-3-9-21(26)19-32-16-17-34-27-12-6-7-15-33-27/h2-5,8-11,13-14,18,27,30H,6-7,12,15-17,19H2,1H3. The molecule has 0 aromatic heterocycles. The van der Waals surface area contributed by atoms with E-state index in [2.05, 4.69) is 5.32 Å². The van der Waals surface area contributed by atoms with E-state index >= 15 is 0 Å². The Labute approximate surface area is 206 Å². The van der Waals surface area contributed by atoms with Crippen LogP contribution in [0.5, 0.6) is 0 Å². The number of aryl methyl sites for hydroxylation is 1. The largest absolute Gasteiger partial charge is 0.374 e. The van der Waals surface area contributed by atoms with Gasteiger partial charge in [-0.1, -0.05) is 54.1 Å². The molecule has 0 spiro atoms. The predicted octanol–water partition coefficient (Wildman–Crippen LogP) is 6.68. The second-order valence-corrected chi connectivity index (χ2v) is 8.75. The highest BCUT2D eigenvalue weighted by Gasteiger charge is 2.16. The monoisotopic (exact) mass is 479 g/mol. The van der Waals surface area contributed by atoms with Crippen LogP contribution >= 0.6 is 11.6 Å². The lowest BCUT2D eigenvalue weighted by molar-refractivity contribution is -0.169. The summed E-state index contributed by atoms with van der Waals surface area (Å²) in [7, 11) is 0. The van der Waals surface area contributed by atoms with Crippen molar-refractivity contribution >= 4 is 28.8 Å². The van der Waals surface area contributed by atoms with Gasteiger partial charge in [-0.05, 0) is 56.0 Å². The Balaban J connectivity index is 1.35. The molecule has 3 aromatic rings. The van der Waals surface area contributed by atoms with Crippen LogP contribution in [0.2, 0.25) is 5.02 Å². The van der Waals surface area contributed by atoms with Crippen LogP contribution < -0.4 is 5.32 Å². The molecule has 1 atom stereocenters. The molecule has 0 aliphatic carbocycles. The summed E-state index contributed by atoms with van der Waals surface area (Å²) < 4.78 is 17.1. The summed E-state index contributed by atoms with van der Waals surface area (Å²) in [5.41, 5.74) is 4.82. The van der Waals surface area contributed by atoms with Crippen molar-refractivity contribution in [3.8, 4) is 0 Å². The second kappa shape index (κ2) is 12.1. The van der Waals surface area contributed by atoms with E-state index in [-0.39, 0.29) is 12.1 Å². The van der Waals surface area contributed by atoms with Crippen LogP contribution in [0.3, 0.4) is 0 Å². The first-order valence-corrected chi connectivity index (χ1v) is 12.1. The van der Waals surface area contributed by atoms with Crippen LogP contribution in [0, 0.1) is 6.92 Å². The topological polar surface area (TPSA) is 56.8 Å². The SMILES string of the molecule is Cc1ccccc1C(=O)c1ccc(Nc2ccccc2COCCOC2CCCCO2)cc1Cl. The van der Waals surface area contributed by atoms with Crippen molar-refractivity contribution in [2.45, 2.75) is 39.1 Å². The maximum Gasteiger partial charge on any atom is 0.194 e. The molecular formula is C28H30ClNO4. The lowest BCUT2D eigenvalue weighted by Gasteiger charge is -2.22. The van der Waals surface area contributed by atoms with Gasteiger partial charge in [0.05, 0.1) is 24.8 Å². The van der Waals surface area contributed by atoms with Crippen molar-refractivity contribution < 1.29 is 19.0 Å². The molecular weight excluding hydrogens is 450 g/mol. The molecule has 4 rings (SSSR count). The molecule has 0 amide bonds. The first-order valence-electron chi connectivity index (χ1n) is 11.7. The Kier molecular flexibility index (Phi) is 8.72. The lowest BCUT2D eigenvalue weighted by atomic mass is 9.99. The summed E-state index contributed by atoms with van der Waals surface area (Å²) in [6.45, 7) is 4.15. The number of rotatable bonds is 10. The molecule has 0 bridgehead atoms. The molecule has 1 aliphatic rings. The van der Waals surface area contributed by atoms with Crippen LogP contribution in [0.4, 0.5) is 11.4 Å². The number of carbonyl (C=O) groups is 1. The molecule has 1 N–H and O–H groups in total. The maximum absolute atomic E-state index is 12.9. The molecule has 1 fully saturated rings. The highest BCUT2D eigenvalue weighted by molar-refractivity contribution is 6.35. The van der Waals surface area contributed by atoms with Crippen LogP contribution in [-0.2, 0) is 20.8 Å². The molecule has 0 radical (unpaired) electrons. The van der Waals surface area contributed by atoms with Crippen molar-refractivity contribution in [1.82, 2.24) is 0 Å². The fraction of sp³-hybridized carbons (Fsp3) is 0.321. The lowest BCUT2D eigenvalue weighted by Crippen LogP contribution is -2.23. The van der Waals surface area contributed by atoms with E-state index < -0.39 is 0 Å². The zero-order valence-electron chi connectivity index (χ0n) is 19.4. The molecule has 1 unspecified atom stereocenters. The van der Waals surface area contributed by atoms with Gasteiger partial charge in [-0.25, -0.2) is 0 Å². The van der Waals surface area contributed by atoms with Crippen molar-refractivity contribution in [3.63, 3.8) is 0 Å². The number of hydrogen-bond donors (Lipinski definition) is 1. The van der Waals surface area contributed by atoms with Gasteiger partial charge in [0, 0.05) is 34.7 Å². The summed E-state index contributed by atoms with van der Waals surface area (Å²) in [6.07, 6.45) is 3.11. The third-order valence-corrected chi connectivity index (χ3v) is 6.14. The van der Waals surface area contributed by atoms with Crippen LogP contribution in [0.25, 0.3) is 0 Å². The highest BCUT2D eigenvalue weighted by atomic mass is 35.5. The molecule has 1 saturated heterocycles. The number of para-hydroxylation sites is 1. The van der Waals surface area contributed by atoms with Crippen molar-refractivity contribution in [1.29, 1.82) is 0 Å². The summed E-state index contributed by atoms with van der Waals surface area (Å²) in [5, 5.41) is 3.81. The zero-order chi connectivity index (χ0) is 23.8. The molecule has 0 saturated carbocycles. The van der Waals surface area contributed by atoms with Gasteiger partial charge in [0.1, 0.15) is 0 Å². The summed E-state index contributed by atoms with van der Waals surface area (Å²) in [4.78, 5) is 12.9. The van der Waals surface area contributed by atoms with Gasteiger partial charge in [0.15, 0.2) is 12.1 Å². The molecule has 3 aromatic carbocycles. The molecule has 178 valence electrons.